The molecule has 20 heavy (non-hydrogen) atoms. The van der Waals surface area contributed by atoms with Gasteiger partial charge in [-0.2, -0.15) is 0 Å². The molecule has 5 nitrogen and oxygen atoms in total. The summed E-state index contributed by atoms with van der Waals surface area (Å²) in [6, 6.07) is 7.01. The molecule has 0 bridgehead atoms. The molecule has 0 saturated heterocycles. The Kier molecular flexibility index (Phi) is 5.93. The lowest BCUT2D eigenvalue weighted by Gasteiger charge is -2.08. The van der Waals surface area contributed by atoms with E-state index in [0.29, 0.717) is 10.0 Å². The Hall–Kier alpha value is -0.990. The number of aliphatic imine (C=N–C) groups is 1. The van der Waals surface area contributed by atoms with Crippen molar-refractivity contribution in [2.24, 2.45) is 4.99 Å². The normalized spacial score (nSPS) is 13.8. The van der Waals surface area contributed by atoms with Crippen LogP contribution in [0.1, 0.15) is 10.4 Å². The summed E-state index contributed by atoms with van der Waals surface area (Å²) in [6.45, 7) is 0.813. The summed E-state index contributed by atoms with van der Waals surface area (Å²) in [6.07, 6.45) is 0. The summed E-state index contributed by atoms with van der Waals surface area (Å²) in [5.74, 6) is 0.596. The molecule has 1 aliphatic heterocycles. The van der Waals surface area contributed by atoms with Crippen LogP contribution >= 0.6 is 39.5 Å². The maximum atomic E-state index is 11.8. The first kappa shape index (κ1) is 15.4. The lowest BCUT2D eigenvalue weighted by molar-refractivity contribution is -0.119. The number of halogens is 1. The van der Waals surface area contributed by atoms with Gasteiger partial charge in [0.1, 0.15) is 4.38 Å². The number of rotatable bonds is 3. The van der Waals surface area contributed by atoms with Gasteiger partial charge in [-0.3, -0.25) is 25.4 Å². The molecule has 0 saturated carbocycles. The second-order valence-electron chi connectivity index (χ2n) is 3.77. The molecule has 0 aromatic heterocycles. The molecule has 0 atom stereocenters. The van der Waals surface area contributed by atoms with Gasteiger partial charge in [-0.05, 0) is 28.1 Å². The smallest absolute Gasteiger partial charge is 0.270 e. The van der Waals surface area contributed by atoms with Crippen LogP contribution < -0.4 is 10.9 Å². The third kappa shape index (κ3) is 4.53. The van der Waals surface area contributed by atoms with E-state index in [0.717, 1.165) is 16.7 Å². The number of benzene rings is 1. The van der Waals surface area contributed by atoms with Gasteiger partial charge in [-0.25, -0.2) is 0 Å². The Morgan fingerprint density at radius 2 is 2.15 bits per heavy atom. The van der Waals surface area contributed by atoms with Crippen molar-refractivity contribution in [2.45, 2.75) is 0 Å². The van der Waals surface area contributed by atoms with Crippen molar-refractivity contribution in [3.63, 3.8) is 0 Å². The molecular weight excluding hydrogens is 362 g/mol. The lowest BCUT2D eigenvalue weighted by Crippen LogP contribution is -2.42. The highest BCUT2D eigenvalue weighted by Gasteiger charge is 2.12. The Morgan fingerprint density at radius 1 is 1.35 bits per heavy atom. The van der Waals surface area contributed by atoms with Crippen LogP contribution in [-0.2, 0) is 4.79 Å². The zero-order valence-electron chi connectivity index (χ0n) is 10.4. The molecule has 1 aliphatic rings. The van der Waals surface area contributed by atoms with Gasteiger partial charge in [0, 0.05) is 10.2 Å². The molecule has 1 heterocycles. The van der Waals surface area contributed by atoms with Gasteiger partial charge in [0.05, 0.1) is 17.9 Å². The fraction of sp³-hybridized carbons (Fsp3) is 0.250. The van der Waals surface area contributed by atoms with Crippen molar-refractivity contribution in [1.29, 1.82) is 0 Å². The van der Waals surface area contributed by atoms with E-state index in [1.165, 1.54) is 11.8 Å². The largest absolute Gasteiger partial charge is 0.272 e. The average Bonchev–Trinajstić information content (AvgIpc) is 2.96. The molecule has 2 N–H and O–H groups in total. The number of nitrogens with zero attached hydrogens (tertiary/aromatic N) is 1. The predicted molar refractivity (Wildman–Crippen MR) is 87.0 cm³/mol. The van der Waals surface area contributed by atoms with E-state index < -0.39 is 0 Å². The highest BCUT2D eigenvalue weighted by molar-refractivity contribution is 9.10. The number of hydrogen-bond acceptors (Lipinski definition) is 5. The summed E-state index contributed by atoms with van der Waals surface area (Å²) >= 11 is 6.31. The van der Waals surface area contributed by atoms with Crippen LogP contribution in [0.3, 0.4) is 0 Å². The molecule has 0 radical (unpaired) electrons. The highest BCUT2D eigenvalue weighted by atomic mass is 79.9. The van der Waals surface area contributed by atoms with Gasteiger partial charge < -0.3 is 0 Å². The number of amides is 2. The maximum Gasteiger partial charge on any atom is 0.270 e. The summed E-state index contributed by atoms with van der Waals surface area (Å²) in [4.78, 5) is 27.7. The van der Waals surface area contributed by atoms with Gasteiger partial charge in [0.2, 0.25) is 5.91 Å². The second-order valence-corrected chi connectivity index (χ2v) is 6.93. The summed E-state index contributed by atoms with van der Waals surface area (Å²) < 4.78 is 1.61. The Labute approximate surface area is 133 Å². The van der Waals surface area contributed by atoms with Crippen LogP contribution in [0.2, 0.25) is 0 Å². The molecule has 2 rings (SSSR count). The molecule has 2 amide bonds. The Bertz CT molecular complexity index is 551. The molecular formula is C12H12BrN3O2S2. The topological polar surface area (TPSA) is 70.6 Å². The summed E-state index contributed by atoms with van der Waals surface area (Å²) in [7, 11) is 0. The fourth-order valence-corrected chi connectivity index (χ4v) is 3.68. The number of nitrogens with one attached hydrogen (secondary N) is 2. The minimum absolute atomic E-state index is 0.238. The lowest BCUT2D eigenvalue weighted by atomic mass is 10.2. The summed E-state index contributed by atoms with van der Waals surface area (Å²) in [5.41, 5.74) is 5.24. The predicted octanol–water partition coefficient (Wildman–Crippen LogP) is 2.05. The molecule has 0 spiro atoms. The molecule has 1 aromatic rings. The zero-order chi connectivity index (χ0) is 14.4. The second kappa shape index (κ2) is 7.70. The molecule has 1 aromatic carbocycles. The summed E-state index contributed by atoms with van der Waals surface area (Å²) in [5, 5.41) is 0. The van der Waals surface area contributed by atoms with Crippen molar-refractivity contribution in [3.8, 4) is 0 Å². The van der Waals surface area contributed by atoms with E-state index in [2.05, 4.69) is 31.8 Å². The number of carbonyl (C=O) groups excluding carboxylic acids is 2. The number of hydrogen-bond donors (Lipinski definition) is 2. The van der Waals surface area contributed by atoms with E-state index in [-0.39, 0.29) is 17.6 Å². The number of carbonyl (C=O) groups is 2. The molecule has 106 valence electrons. The molecule has 0 unspecified atom stereocenters. The van der Waals surface area contributed by atoms with Crippen molar-refractivity contribution in [3.05, 3.63) is 34.3 Å². The molecule has 8 heteroatoms. The number of thioether (sulfide) groups is 2. The van der Waals surface area contributed by atoms with E-state index >= 15 is 0 Å². The van der Waals surface area contributed by atoms with Crippen LogP contribution in [0.5, 0.6) is 0 Å². The van der Waals surface area contributed by atoms with Crippen molar-refractivity contribution >= 4 is 55.6 Å². The number of hydrazine groups is 1. The molecule has 0 aliphatic carbocycles. The SMILES string of the molecule is O=C(CSC1=NCCS1)NNC(=O)c1ccccc1Br. The van der Waals surface area contributed by atoms with Gasteiger partial charge in [-0.1, -0.05) is 35.7 Å². The van der Waals surface area contributed by atoms with Crippen LogP contribution in [0.25, 0.3) is 0 Å². The van der Waals surface area contributed by atoms with Crippen molar-refractivity contribution in [2.75, 3.05) is 18.1 Å². The van der Waals surface area contributed by atoms with Gasteiger partial charge in [0.15, 0.2) is 0 Å². The monoisotopic (exact) mass is 373 g/mol. The van der Waals surface area contributed by atoms with Gasteiger partial charge >= 0.3 is 0 Å². The van der Waals surface area contributed by atoms with Crippen LogP contribution in [-0.4, -0.2) is 34.2 Å². The first-order valence-corrected chi connectivity index (χ1v) is 8.57. The van der Waals surface area contributed by atoms with E-state index in [1.807, 2.05) is 6.07 Å². The van der Waals surface area contributed by atoms with Gasteiger partial charge in [0.25, 0.3) is 5.91 Å². The van der Waals surface area contributed by atoms with Crippen molar-refractivity contribution < 1.29 is 9.59 Å². The van der Waals surface area contributed by atoms with E-state index in [4.69, 9.17) is 0 Å². The third-order valence-electron chi connectivity index (χ3n) is 2.32. The zero-order valence-corrected chi connectivity index (χ0v) is 13.6. The Balaban J connectivity index is 1.75. The first-order chi connectivity index (χ1) is 9.66. The fourth-order valence-electron chi connectivity index (χ4n) is 1.41. The van der Waals surface area contributed by atoms with Crippen LogP contribution in [0.15, 0.2) is 33.7 Å². The van der Waals surface area contributed by atoms with Crippen LogP contribution in [0, 0.1) is 0 Å². The molecule has 0 fully saturated rings. The minimum atomic E-state index is -0.358. The first-order valence-electron chi connectivity index (χ1n) is 5.80. The maximum absolute atomic E-state index is 11.8. The standard InChI is InChI=1S/C12H12BrN3O2S2/c13-9-4-2-1-3-8(9)11(18)16-15-10(17)7-20-12-14-5-6-19-12/h1-4H,5-7H2,(H,15,17)(H,16,18). The minimum Gasteiger partial charge on any atom is -0.272 e. The van der Waals surface area contributed by atoms with Crippen molar-refractivity contribution in [1.82, 2.24) is 10.9 Å². The van der Waals surface area contributed by atoms with E-state index in [9.17, 15) is 9.59 Å². The third-order valence-corrected chi connectivity index (χ3v) is 5.26. The highest BCUT2D eigenvalue weighted by Crippen LogP contribution is 2.21. The van der Waals surface area contributed by atoms with Gasteiger partial charge in [-0.15, -0.1) is 0 Å². The van der Waals surface area contributed by atoms with E-state index in [1.54, 1.807) is 30.0 Å². The quantitative estimate of drug-likeness (QED) is 0.795. The Morgan fingerprint density at radius 3 is 2.85 bits per heavy atom. The van der Waals surface area contributed by atoms with Crippen LogP contribution in [0.4, 0.5) is 0 Å². The average molecular weight is 374 g/mol.